The van der Waals surface area contributed by atoms with Gasteiger partial charge in [0.1, 0.15) is 5.02 Å². The van der Waals surface area contributed by atoms with E-state index in [1.807, 2.05) is 0 Å². The van der Waals surface area contributed by atoms with Crippen molar-refractivity contribution in [3.05, 3.63) is 58.2 Å². The first-order valence-electron chi connectivity index (χ1n) is 8.72. The van der Waals surface area contributed by atoms with Crippen LogP contribution in [0, 0.1) is 0 Å². The molecule has 3 aromatic heterocycles. The van der Waals surface area contributed by atoms with Gasteiger partial charge in [-0.25, -0.2) is 9.50 Å². The van der Waals surface area contributed by atoms with Crippen LogP contribution in [0.4, 0.5) is 18.9 Å². The summed E-state index contributed by atoms with van der Waals surface area (Å²) in [6, 6.07) is 8.89. The molecule has 5 rings (SSSR count). The monoisotopic (exact) mass is 466 g/mol. The SMILES string of the molecule is O=C(Nc1ccc2c(c1)OCO2)c1nn2c(C(F)(F)F)cc(-c3cccs3)nc2c1Cl. The van der Waals surface area contributed by atoms with Gasteiger partial charge in [-0.05, 0) is 29.6 Å². The van der Waals surface area contributed by atoms with Crippen molar-refractivity contribution in [3.8, 4) is 22.1 Å². The predicted octanol–water partition coefficient (Wildman–Crippen LogP) is 5.11. The van der Waals surface area contributed by atoms with E-state index in [4.69, 9.17) is 21.1 Å². The number of benzene rings is 1. The molecule has 1 aliphatic heterocycles. The highest BCUT2D eigenvalue weighted by Gasteiger charge is 2.37. The molecule has 0 fully saturated rings. The maximum absolute atomic E-state index is 13.7. The van der Waals surface area contributed by atoms with Gasteiger partial charge in [0, 0.05) is 11.8 Å². The van der Waals surface area contributed by atoms with Crippen LogP contribution in [-0.4, -0.2) is 27.3 Å². The highest BCUT2D eigenvalue weighted by molar-refractivity contribution is 7.13. The molecule has 4 aromatic rings. The molecule has 1 N–H and O–H groups in total. The Morgan fingerprint density at radius 3 is 2.74 bits per heavy atom. The molecule has 1 aromatic carbocycles. The van der Waals surface area contributed by atoms with Gasteiger partial charge in [0.2, 0.25) is 6.79 Å². The molecule has 0 aliphatic carbocycles. The van der Waals surface area contributed by atoms with Crippen LogP contribution in [-0.2, 0) is 6.18 Å². The average molecular weight is 467 g/mol. The number of halogens is 4. The third kappa shape index (κ3) is 3.45. The van der Waals surface area contributed by atoms with Crippen LogP contribution in [0.25, 0.3) is 16.2 Å². The number of nitrogens with zero attached hydrogens (tertiary/aromatic N) is 3. The summed E-state index contributed by atoms with van der Waals surface area (Å²) in [4.78, 5) is 17.5. The van der Waals surface area contributed by atoms with Crippen molar-refractivity contribution in [2.45, 2.75) is 6.18 Å². The zero-order valence-corrected chi connectivity index (χ0v) is 16.8. The minimum atomic E-state index is -4.74. The molecule has 0 radical (unpaired) electrons. The highest BCUT2D eigenvalue weighted by Crippen LogP contribution is 2.37. The first kappa shape index (κ1) is 19.6. The molecule has 0 spiro atoms. The first-order valence-corrected chi connectivity index (χ1v) is 9.98. The summed E-state index contributed by atoms with van der Waals surface area (Å²) < 4.78 is 52.1. The third-order valence-electron chi connectivity index (χ3n) is 4.44. The van der Waals surface area contributed by atoms with Gasteiger partial charge in [0.15, 0.2) is 28.5 Å². The Kier molecular flexibility index (Phi) is 4.52. The van der Waals surface area contributed by atoms with Crippen LogP contribution in [0.5, 0.6) is 11.5 Å². The minimum absolute atomic E-state index is 0.0590. The number of fused-ring (bicyclic) bond motifs is 2. The van der Waals surface area contributed by atoms with Gasteiger partial charge in [-0.3, -0.25) is 4.79 Å². The van der Waals surface area contributed by atoms with Crippen molar-refractivity contribution in [3.63, 3.8) is 0 Å². The molecule has 4 heterocycles. The Labute approximate surface area is 181 Å². The van der Waals surface area contributed by atoms with Gasteiger partial charge >= 0.3 is 6.18 Å². The summed E-state index contributed by atoms with van der Waals surface area (Å²) in [5, 5.41) is 7.78. The summed E-state index contributed by atoms with van der Waals surface area (Å²) in [6.07, 6.45) is -4.74. The van der Waals surface area contributed by atoms with Crippen molar-refractivity contribution in [1.82, 2.24) is 14.6 Å². The van der Waals surface area contributed by atoms with Crippen LogP contribution in [0.15, 0.2) is 41.8 Å². The molecule has 158 valence electrons. The third-order valence-corrected chi connectivity index (χ3v) is 5.68. The van der Waals surface area contributed by atoms with Gasteiger partial charge in [-0.2, -0.15) is 18.3 Å². The second kappa shape index (κ2) is 7.13. The van der Waals surface area contributed by atoms with E-state index >= 15 is 0 Å². The number of carbonyl (C=O) groups is 1. The number of aromatic nitrogens is 3. The average Bonchev–Trinajstić information content (AvgIpc) is 3.46. The molecule has 1 amide bonds. The van der Waals surface area contributed by atoms with Gasteiger partial charge in [-0.15, -0.1) is 11.3 Å². The Bertz CT molecular complexity index is 1320. The number of nitrogens with one attached hydrogen (secondary N) is 1. The molecule has 0 saturated carbocycles. The zero-order valence-electron chi connectivity index (χ0n) is 15.2. The Balaban J connectivity index is 1.58. The number of thiophene rings is 1. The quantitative estimate of drug-likeness (QED) is 0.454. The van der Waals surface area contributed by atoms with E-state index in [1.54, 1.807) is 29.6 Å². The van der Waals surface area contributed by atoms with E-state index in [2.05, 4.69) is 15.4 Å². The van der Waals surface area contributed by atoms with Crippen molar-refractivity contribution >= 4 is 40.2 Å². The summed E-state index contributed by atoms with van der Waals surface area (Å²) in [5.74, 6) is 0.157. The lowest BCUT2D eigenvalue weighted by molar-refractivity contribution is -0.142. The second-order valence-corrected chi connectivity index (χ2v) is 7.75. The fraction of sp³-hybridized carbons (Fsp3) is 0.105. The summed E-state index contributed by atoms with van der Waals surface area (Å²) >= 11 is 7.48. The molecule has 31 heavy (non-hydrogen) atoms. The fourth-order valence-electron chi connectivity index (χ4n) is 3.05. The first-order chi connectivity index (χ1) is 14.8. The van der Waals surface area contributed by atoms with Crippen molar-refractivity contribution < 1.29 is 27.4 Å². The molecule has 0 atom stereocenters. The highest BCUT2D eigenvalue weighted by atomic mass is 35.5. The van der Waals surface area contributed by atoms with E-state index in [0.717, 1.165) is 6.07 Å². The van der Waals surface area contributed by atoms with Crippen molar-refractivity contribution in [2.75, 3.05) is 12.1 Å². The lowest BCUT2D eigenvalue weighted by Gasteiger charge is -2.10. The predicted molar refractivity (Wildman–Crippen MR) is 107 cm³/mol. The smallest absolute Gasteiger partial charge is 0.433 e. The lowest BCUT2D eigenvalue weighted by atomic mass is 10.2. The molecule has 1 aliphatic rings. The lowest BCUT2D eigenvalue weighted by Crippen LogP contribution is -2.15. The molecule has 0 saturated heterocycles. The summed E-state index contributed by atoms with van der Waals surface area (Å²) in [5.41, 5.74) is -1.33. The van der Waals surface area contributed by atoms with Gasteiger partial charge in [-0.1, -0.05) is 17.7 Å². The number of ether oxygens (including phenoxy) is 2. The number of carbonyl (C=O) groups excluding carboxylic acids is 1. The Morgan fingerprint density at radius 2 is 2.00 bits per heavy atom. The number of hydrogen-bond acceptors (Lipinski definition) is 6. The van der Waals surface area contributed by atoms with E-state index in [0.29, 0.717) is 26.6 Å². The van der Waals surface area contributed by atoms with Crippen LogP contribution in [0.2, 0.25) is 5.02 Å². The molecule has 12 heteroatoms. The molecular formula is C19H10ClF3N4O3S. The van der Waals surface area contributed by atoms with Crippen LogP contribution >= 0.6 is 22.9 Å². The van der Waals surface area contributed by atoms with E-state index in [9.17, 15) is 18.0 Å². The Hall–Kier alpha value is -3.31. The molecule has 0 bridgehead atoms. The normalized spacial score (nSPS) is 13.0. The summed E-state index contributed by atoms with van der Waals surface area (Å²) in [6.45, 7) is 0.0590. The van der Waals surface area contributed by atoms with E-state index in [-0.39, 0.29) is 28.9 Å². The number of amides is 1. The number of rotatable bonds is 3. The van der Waals surface area contributed by atoms with Crippen LogP contribution in [0.3, 0.4) is 0 Å². The van der Waals surface area contributed by atoms with Gasteiger partial charge < -0.3 is 14.8 Å². The van der Waals surface area contributed by atoms with Crippen molar-refractivity contribution in [1.29, 1.82) is 0 Å². The number of anilines is 1. The largest absolute Gasteiger partial charge is 0.454 e. The van der Waals surface area contributed by atoms with Crippen LogP contribution < -0.4 is 14.8 Å². The zero-order chi connectivity index (χ0) is 21.8. The number of alkyl halides is 3. The summed E-state index contributed by atoms with van der Waals surface area (Å²) in [7, 11) is 0. The van der Waals surface area contributed by atoms with E-state index < -0.39 is 17.8 Å². The number of hydrogen-bond donors (Lipinski definition) is 1. The standard InChI is InChI=1S/C19H10ClF3N4O3S/c20-15-16(18(28)24-9-3-4-11-12(6-9)30-8-29-11)26-27-14(19(21,22)23)7-10(25-17(15)27)13-2-1-5-31-13/h1-7H,8H2,(H,24,28). The molecular weight excluding hydrogens is 457 g/mol. The van der Waals surface area contributed by atoms with Gasteiger partial charge in [0.05, 0.1) is 10.6 Å². The van der Waals surface area contributed by atoms with Gasteiger partial charge in [0.25, 0.3) is 5.91 Å². The van der Waals surface area contributed by atoms with Crippen molar-refractivity contribution in [2.24, 2.45) is 0 Å². The Morgan fingerprint density at radius 1 is 1.19 bits per heavy atom. The topological polar surface area (TPSA) is 77.8 Å². The second-order valence-electron chi connectivity index (χ2n) is 6.42. The molecule has 0 unspecified atom stereocenters. The maximum Gasteiger partial charge on any atom is 0.433 e. The maximum atomic E-state index is 13.7. The minimum Gasteiger partial charge on any atom is -0.454 e. The van der Waals surface area contributed by atoms with E-state index in [1.165, 1.54) is 17.4 Å². The molecule has 7 nitrogen and oxygen atoms in total. The van der Waals surface area contributed by atoms with Crippen LogP contribution in [0.1, 0.15) is 16.2 Å². The fourth-order valence-corrected chi connectivity index (χ4v) is 3.99.